The summed E-state index contributed by atoms with van der Waals surface area (Å²) in [6.45, 7) is 2.52. The third-order valence-electron chi connectivity index (χ3n) is 3.13. The highest BCUT2D eigenvalue weighted by Crippen LogP contribution is 2.16. The second kappa shape index (κ2) is 9.17. The highest BCUT2D eigenvalue weighted by Gasteiger charge is 2.07. The topological polar surface area (TPSA) is 91.6 Å². The van der Waals surface area contributed by atoms with E-state index in [0.29, 0.717) is 29.2 Å². The van der Waals surface area contributed by atoms with Crippen LogP contribution in [0.1, 0.15) is 35.0 Å². The number of carbonyl (C=O) groups excluding carboxylic acids is 1. The second-order valence-corrected chi connectivity index (χ2v) is 5.14. The third kappa shape index (κ3) is 6.06. The lowest BCUT2D eigenvalue weighted by Gasteiger charge is -2.07. The average Bonchev–Trinajstić information content (AvgIpc) is 2.63. The molecule has 1 heterocycles. The number of esters is 1. The Labute approximate surface area is 145 Å². The van der Waals surface area contributed by atoms with Gasteiger partial charge in [-0.05, 0) is 36.2 Å². The van der Waals surface area contributed by atoms with E-state index in [9.17, 15) is 14.9 Å². The van der Waals surface area contributed by atoms with Crippen LogP contribution in [0.15, 0.2) is 48.8 Å². The van der Waals surface area contributed by atoms with Crippen molar-refractivity contribution >= 4 is 12.0 Å². The van der Waals surface area contributed by atoms with Gasteiger partial charge < -0.3 is 9.47 Å². The van der Waals surface area contributed by atoms with Crippen molar-refractivity contribution in [1.29, 1.82) is 0 Å². The first-order chi connectivity index (χ1) is 12.1. The van der Waals surface area contributed by atoms with E-state index in [0.717, 1.165) is 12.6 Å². The van der Waals surface area contributed by atoms with Crippen molar-refractivity contribution in [3.8, 4) is 5.75 Å². The van der Waals surface area contributed by atoms with Crippen LogP contribution < -0.4 is 4.74 Å². The average molecular weight is 342 g/mol. The number of rotatable bonds is 8. The number of hydrogen-bond donors (Lipinski definition) is 0. The molecular formula is C18H18N2O5. The SMILES string of the molecule is CCCOC(=O)c1ccc(COc2cccc(/C=C/[N+](=O)[O-])c2)nc1. The molecule has 1 aromatic carbocycles. The number of aromatic nitrogens is 1. The van der Waals surface area contributed by atoms with Crippen LogP contribution in [0.5, 0.6) is 5.75 Å². The Bertz CT molecular complexity index is 756. The number of nitro groups is 1. The van der Waals surface area contributed by atoms with Crippen LogP contribution in [0, 0.1) is 10.1 Å². The van der Waals surface area contributed by atoms with Crippen LogP contribution >= 0.6 is 0 Å². The van der Waals surface area contributed by atoms with E-state index < -0.39 is 10.9 Å². The summed E-state index contributed by atoms with van der Waals surface area (Å²) in [5.41, 5.74) is 1.71. The Balaban J connectivity index is 1.94. The van der Waals surface area contributed by atoms with E-state index >= 15 is 0 Å². The molecule has 2 aromatic rings. The summed E-state index contributed by atoms with van der Waals surface area (Å²) in [5, 5.41) is 10.3. The van der Waals surface area contributed by atoms with Gasteiger partial charge in [0.2, 0.25) is 6.20 Å². The standard InChI is InChI=1S/C18H18N2O5/c1-2-10-24-18(21)15-6-7-16(19-12-15)13-25-17-5-3-4-14(11-17)8-9-20(22)23/h3-9,11-12H,2,10,13H2,1H3/b9-8+. The van der Waals surface area contributed by atoms with Crippen LogP contribution in [0.4, 0.5) is 0 Å². The lowest BCUT2D eigenvalue weighted by molar-refractivity contribution is -0.400. The molecule has 0 radical (unpaired) electrons. The van der Waals surface area contributed by atoms with Crippen molar-refractivity contribution in [2.45, 2.75) is 20.0 Å². The van der Waals surface area contributed by atoms with Crippen LogP contribution in [0.2, 0.25) is 0 Å². The molecule has 7 nitrogen and oxygen atoms in total. The first kappa shape index (κ1) is 18.1. The van der Waals surface area contributed by atoms with Crippen LogP contribution in [0.3, 0.4) is 0 Å². The van der Waals surface area contributed by atoms with Gasteiger partial charge in [0.25, 0.3) is 0 Å². The summed E-state index contributed by atoms with van der Waals surface area (Å²) in [4.78, 5) is 25.7. The molecule has 0 aliphatic rings. The van der Waals surface area contributed by atoms with Crippen molar-refractivity contribution in [2.75, 3.05) is 6.61 Å². The Morgan fingerprint density at radius 3 is 2.84 bits per heavy atom. The minimum atomic E-state index is -0.523. The van der Waals surface area contributed by atoms with Gasteiger partial charge in [0.15, 0.2) is 0 Å². The maximum absolute atomic E-state index is 11.7. The number of pyridine rings is 1. The summed E-state index contributed by atoms with van der Waals surface area (Å²) >= 11 is 0. The largest absolute Gasteiger partial charge is 0.487 e. The van der Waals surface area contributed by atoms with Gasteiger partial charge in [0.05, 0.1) is 22.8 Å². The molecule has 0 amide bonds. The Morgan fingerprint density at radius 1 is 1.32 bits per heavy atom. The zero-order valence-electron chi connectivity index (χ0n) is 13.8. The molecular weight excluding hydrogens is 324 g/mol. The fraction of sp³-hybridized carbons (Fsp3) is 0.222. The van der Waals surface area contributed by atoms with E-state index in [1.807, 2.05) is 6.92 Å². The minimum absolute atomic E-state index is 0.215. The number of ether oxygens (including phenoxy) is 2. The van der Waals surface area contributed by atoms with Gasteiger partial charge in [-0.2, -0.15) is 0 Å². The lowest BCUT2D eigenvalue weighted by atomic mass is 10.2. The van der Waals surface area contributed by atoms with E-state index in [1.165, 1.54) is 12.3 Å². The maximum Gasteiger partial charge on any atom is 0.339 e. The minimum Gasteiger partial charge on any atom is -0.487 e. The number of benzene rings is 1. The van der Waals surface area contributed by atoms with E-state index in [4.69, 9.17) is 9.47 Å². The molecule has 0 aliphatic heterocycles. The van der Waals surface area contributed by atoms with Gasteiger partial charge in [0.1, 0.15) is 12.4 Å². The fourth-order valence-electron chi connectivity index (χ4n) is 1.92. The number of nitrogens with zero attached hydrogens (tertiary/aromatic N) is 2. The summed E-state index contributed by atoms with van der Waals surface area (Å²) in [5.74, 6) is 0.172. The first-order valence-electron chi connectivity index (χ1n) is 7.75. The summed E-state index contributed by atoms with van der Waals surface area (Å²) in [7, 11) is 0. The van der Waals surface area contributed by atoms with E-state index in [-0.39, 0.29) is 6.61 Å². The predicted molar refractivity (Wildman–Crippen MR) is 91.6 cm³/mol. The van der Waals surface area contributed by atoms with Crippen molar-refractivity contribution in [1.82, 2.24) is 4.98 Å². The predicted octanol–water partition coefficient (Wildman–Crippen LogP) is 3.47. The monoisotopic (exact) mass is 342 g/mol. The summed E-state index contributed by atoms with van der Waals surface area (Å²) < 4.78 is 10.7. The molecule has 0 saturated heterocycles. The molecule has 0 atom stereocenters. The molecule has 2 rings (SSSR count). The van der Waals surface area contributed by atoms with Gasteiger partial charge in [-0.1, -0.05) is 19.1 Å². The zero-order chi connectivity index (χ0) is 18.1. The Morgan fingerprint density at radius 2 is 2.16 bits per heavy atom. The van der Waals surface area contributed by atoms with Gasteiger partial charge in [-0.25, -0.2) is 4.79 Å². The van der Waals surface area contributed by atoms with Crippen LogP contribution in [-0.4, -0.2) is 22.5 Å². The molecule has 0 fully saturated rings. The van der Waals surface area contributed by atoms with Crippen molar-refractivity contribution in [3.63, 3.8) is 0 Å². The summed E-state index contributed by atoms with van der Waals surface area (Å²) in [6, 6.07) is 10.3. The van der Waals surface area contributed by atoms with Gasteiger partial charge >= 0.3 is 5.97 Å². The van der Waals surface area contributed by atoms with E-state index in [1.54, 1.807) is 36.4 Å². The maximum atomic E-state index is 11.7. The zero-order valence-corrected chi connectivity index (χ0v) is 13.8. The molecule has 130 valence electrons. The molecule has 0 aliphatic carbocycles. The number of carbonyl (C=O) groups is 1. The Kier molecular flexibility index (Phi) is 6.65. The molecule has 0 N–H and O–H groups in total. The highest BCUT2D eigenvalue weighted by molar-refractivity contribution is 5.88. The molecule has 1 aromatic heterocycles. The molecule has 0 saturated carbocycles. The molecule has 7 heteroatoms. The van der Waals surface area contributed by atoms with Crippen molar-refractivity contribution < 1.29 is 19.2 Å². The van der Waals surface area contributed by atoms with Gasteiger partial charge in [0, 0.05) is 12.3 Å². The van der Waals surface area contributed by atoms with Crippen molar-refractivity contribution in [3.05, 3.63) is 75.7 Å². The van der Waals surface area contributed by atoms with Crippen LogP contribution in [0.25, 0.3) is 6.08 Å². The fourth-order valence-corrected chi connectivity index (χ4v) is 1.92. The molecule has 0 bridgehead atoms. The van der Waals surface area contributed by atoms with Gasteiger partial charge in [-0.3, -0.25) is 15.1 Å². The van der Waals surface area contributed by atoms with Crippen LogP contribution in [-0.2, 0) is 11.3 Å². The third-order valence-corrected chi connectivity index (χ3v) is 3.13. The smallest absolute Gasteiger partial charge is 0.339 e. The van der Waals surface area contributed by atoms with Gasteiger partial charge in [-0.15, -0.1) is 0 Å². The molecule has 25 heavy (non-hydrogen) atoms. The van der Waals surface area contributed by atoms with Crippen molar-refractivity contribution in [2.24, 2.45) is 0 Å². The Hall–Kier alpha value is -3.22. The lowest BCUT2D eigenvalue weighted by Crippen LogP contribution is -2.07. The summed E-state index contributed by atoms with van der Waals surface area (Å²) in [6.07, 6.45) is 4.48. The molecule has 0 spiro atoms. The highest BCUT2D eigenvalue weighted by atomic mass is 16.6. The first-order valence-corrected chi connectivity index (χ1v) is 7.75. The quantitative estimate of drug-likeness (QED) is 0.414. The molecule has 0 unspecified atom stereocenters. The van der Waals surface area contributed by atoms with E-state index in [2.05, 4.69) is 4.98 Å². The second-order valence-electron chi connectivity index (χ2n) is 5.14. The number of hydrogen-bond acceptors (Lipinski definition) is 6. The normalized spacial score (nSPS) is 10.6.